The fourth-order valence-electron chi connectivity index (χ4n) is 2.57. The van der Waals surface area contributed by atoms with Gasteiger partial charge in [0.2, 0.25) is 10.0 Å². The quantitative estimate of drug-likeness (QED) is 0.759. The summed E-state index contributed by atoms with van der Waals surface area (Å²) in [6, 6.07) is 14.8. The Hall–Kier alpha value is -1.60. The summed E-state index contributed by atoms with van der Waals surface area (Å²) in [6.45, 7) is 2.74. The fraction of sp³-hybridized carbons (Fsp3) is 0.333. The summed E-state index contributed by atoms with van der Waals surface area (Å²) in [6.07, 6.45) is 0.648. The summed E-state index contributed by atoms with van der Waals surface area (Å²) in [5, 5.41) is 0. The largest absolute Gasteiger partial charge is 0.497 e. The average molecular weight is 385 g/mol. The van der Waals surface area contributed by atoms with Crippen LogP contribution in [-0.2, 0) is 16.4 Å². The summed E-state index contributed by atoms with van der Waals surface area (Å²) in [4.78, 5) is 0.296. The van der Waals surface area contributed by atoms with Gasteiger partial charge in [-0.25, -0.2) is 8.42 Å². The molecule has 0 fully saturated rings. The van der Waals surface area contributed by atoms with Crippen LogP contribution in [0.5, 0.6) is 5.75 Å². The number of nitrogens with two attached hydrogens (primary N) is 1. The number of nitrogens with zero attached hydrogens (tertiary/aromatic N) is 1. The van der Waals surface area contributed by atoms with Crippen molar-refractivity contribution in [2.75, 3.05) is 26.7 Å². The van der Waals surface area contributed by atoms with Gasteiger partial charge in [0, 0.05) is 19.6 Å². The monoisotopic (exact) mass is 384 g/mol. The number of aryl methyl sites for hydroxylation is 1. The van der Waals surface area contributed by atoms with Crippen molar-refractivity contribution in [3.05, 3.63) is 59.7 Å². The Labute approximate surface area is 156 Å². The van der Waals surface area contributed by atoms with Crippen LogP contribution in [0.25, 0.3) is 0 Å². The van der Waals surface area contributed by atoms with E-state index in [9.17, 15) is 8.42 Å². The third kappa shape index (κ3) is 5.44. The summed E-state index contributed by atoms with van der Waals surface area (Å²) >= 11 is 0. The first-order valence-corrected chi connectivity index (χ1v) is 9.32. The van der Waals surface area contributed by atoms with E-state index < -0.39 is 10.0 Å². The Morgan fingerprint density at radius 2 is 1.76 bits per heavy atom. The highest BCUT2D eigenvalue weighted by Gasteiger charge is 2.25. The van der Waals surface area contributed by atoms with Gasteiger partial charge in [-0.3, -0.25) is 0 Å². The molecule has 0 spiro atoms. The Kier molecular flexibility index (Phi) is 8.38. The summed E-state index contributed by atoms with van der Waals surface area (Å²) < 4.78 is 32.6. The molecule has 2 aromatic carbocycles. The molecule has 0 aliphatic rings. The number of hydrogen-bond acceptors (Lipinski definition) is 4. The smallest absolute Gasteiger partial charge is 0.243 e. The molecule has 2 N–H and O–H groups in total. The highest BCUT2D eigenvalue weighted by atomic mass is 35.5. The van der Waals surface area contributed by atoms with Gasteiger partial charge in [-0.2, -0.15) is 4.31 Å². The molecule has 2 rings (SSSR count). The minimum Gasteiger partial charge on any atom is -0.497 e. The number of halogens is 1. The minimum absolute atomic E-state index is 0. The molecule has 5 nitrogen and oxygen atoms in total. The SMILES string of the molecule is COc1ccc(S(=O)(=O)N(CCN)CCc2ccccc2)c(C)c1.Cl. The van der Waals surface area contributed by atoms with Crippen molar-refractivity contribution in [1.82, 2.24) is 4.31 Å². The molecule has 138 valence electrons. The second-order valence-corrected chi connectivity index (χ2v) is 7.47. The standard InChI is InChI=1S/C18H24N2O3S.ClH/c1-15-14-17(23-2)8-9-18(15)24(21,22)20(13-11-19)12-10-16-6-4-3-5-7-16;/h3-9,14H,10-13,19H2,1-2H3;1H. The van der Waals surface area contributed by atoms with Crippen molar-refractivity contribution in [1.29, 1.82) is 0 Å². The third-order valence-corrected chi connectivity index (χ3v) is 5.93. The van der Waals surface area contributed by atoms with Gasteiger partial charge in [-0.1, -0.05) is 30.3 Å². The van der Waals surface area contributed by atoms with Crippen LogP contribution >= 0.6 is 12.4 Å². The third-order valence-electron chi connectivity index (χ3n) is 3.87. The second-order valence-electron chi connectivity index (χ2n) is 5.56. The zero-order chi connectivity index (χ0) is 17.6. The van der Waals surface area contributed by atoms with E-state index in [0.29, 0.717) is 35.7 Å². The van der Waals surface area contributed by atoms with E-state index in [1.54, 1.807) is 32.2 Å². The van der Waals surface area contributed by atoms with Crippen LogP contribution in [-0.4, -0.2) is 39.5 Å². The average Bonchev–Trinajstić information content (AvgIpc) is 2.58. The van der Waals surface area contributed by atoms with Crippen LogP contribution in [0, 0.1) is 6.92 Å². The molecule has 0 bridgehead atoms. The molecule has 0 atom stereocenters. The van der Waals surface area contributed by atoms with Crippen LogP contribution in [0.3, 0.4) is 0 Å². The van der Waals surface area contributed by atoms with Gasteiger partial charge in [0.15, 0.2) is 0 Å². The number of benzene rings is 2. The lowest BCUT2D eigenvalue weighted by molar-refractivity contribution is 0.412. The van der Waals surface area contributed by atoms with E-state index in [4.69, 9.17) is 10.5 Å². The first-order chi connectivity index (χ1) is 11.5. The Morgan fingerprint density at radius 3 is 2.32 bits per heavy atom. The van der Waals surface area contributed by atoms with E-state index in [1.165, 1.54) is 4.31 Å². The van der Waals surface area contributed by atoms with Crippen molar-refractivity contribution in [3.63, 3.8) is 0 Å². The molecule has 0 aliphatic carbocycles. The summed E-state index contributed by atoms with van der Waals surface area (Å²) in [5.41, 5.74) is 7.39. The van der Waals surface area contributed by atoms with Crippen LogP contribution in [0.1, 0.15) is 11.1 Å². The molecule has 0 saturated heterocycles. The van der Waals surface area contributed by atoms with Gasteiger partial charge in [0.25, 0.3) is 0 Å². The molecular weight excluding hydrogens is 360 g/mol. The van der Waals surface area contributed by atoms with Crippen molar-refractivity contribution < 1.29 is 13.2 Å². The van der Waals surface area contributed by atoms with E-state index in [1.807, 2.05) is 30.3 Å². The highest BCUT2D eigenvalue weighted by molar-refractivity contribution is 7.89. The lowest BCUT2D eigenvalue weighted by Gasteiger charge is -2.23. The van der Waals surface area contributed by atoms with Crippen LogP contribution in [0.2, 0.25) is 0 Å². The van der Waals surface area contributed by atoms with Gasteiger partial charge in [0.05, 0.1) is 12.0 Å². The second kappa shape index (κ2) is 9.77. The Balaban J connectivity index is 0.00000312. The van der Waals surface area contributed by atoms with E-state index in [2.05, 4.69) is 0 Å². The number of hydrogen-bond donors (Lipinski definition) is 1. The molecule has 2 aromatic rings. The van der Waals surface area contributed by atoms with Gasteiger partial charge in [0.1, 0.15) is 5.75 Å². The number of sulfonamides is 1. The molecule has 0 amide bonds. The lowest BCUT2D eigenvalue weighted by Crippen LogP contribution is -2.37. The molecule has 0 radical (unpaired) electrons. The van der Waals surface area contributed by atoms with Crippen molar-refractivity contribution in [2.24, 2.45) is 5.73 Å². The van der Waals surface area contributed by atoms with Crippen LogP contribution < -0.4 is 10.5 Å². The van der Waals surface area contributed by atoms with E-state index >= 15 is 0 Å². The zero-order valence-corrected chi connectivity index (χ0v) is 16.1. The molecule has 0 unspecified atom stereocenters. The number of rotatable bonds is 8. The van der Waals surface area contributed by atoms with Crippen molar-refractivity contribution in [2.45, 2.75) is 18.2 Å². The number of ether oxygens (including phenoxy) is 1. The van der Waals surface area contributed by atoms with Crippen LogP contribution in [0.15, 0.2) is 53.4 Å². The molecule has 0 saturated carbocycles. The van der Waals surface area contributed by atoms with Crippen LogP contribution in [0.4, 0.5) is 0 Å². The van der Waals surface area contributed by atoms with Crippen molar-refractivity contribution in [3.8, 4) is 5.75 Å². The molecular formula is C18H25ClN2O3S. The fourth-order valence-corrected chi connectivity index (χ4v) is 4.23. The zero-order valence-electron chi connectivity index (χ0n) is 14.5. The summed E-state index contributed by atoms with van der Waals surface area (Å²) in [7, 11) is -2.03. The maximum absolute atomic E-state index is 13.0. The van der Waals surface area contributed by atoms with Gasteiger partial charge >= 0.3 is 0 Å². The molecule has 25 heavy (non-hydrogen) atoms. The van der Waals surface area contributed by atoms with E-state index in [-0.39, 0.29) is 19.0 Å². The van der Waals surface area contributed by atoms with Gasteiger partial charge in [-0.15, -0.1) is 12.4 Å². The molecule has 7 heteroatoms. The summed E-state index contributed by atoms with van der Waals surface area (Å²) in [5.74, 6) is 0.640. The topological polar surface area (TPSA) is 72.6 Å². The van der Waals surface area contributed by atoms with Gasteiger partial charge < -0.3 is 10.5 Å². The molecule has 0 heterocycles. The molecule has 0 aliphatic heterocycles. The molecule has 0 aromatic heterocycles. The van der Waals surface area contributed by atoms with Crippen molar-refractivity contribution >= 4 is 22.4 Å². The Morgan fingerprint density at radius 1 is 1.08 bits per heavy atom. The minimum atomic E-state index is -3.59. The maximum Gasteiger partial charge on any atom is 0.243 e. The first kappa shape index (κ1) is 21.4. The normalized spacial score (nSPS) is 11.2. The number of methoxy groups -OCH3 is 1. The highest BCUT2D eigenvalue weighted by Crippen LogP contribution is 2.24. The maximum atomic E-state index is 13.0. The lowest BCUT2D eigenvalue weighted by atomic mass is 10.1. The van der Waals surface area contributed by atoms with Gasteiger partial charge in [-0.05, 0) is 42.7 Å². The predicted octanol–water partition coefficient (Wildman–Crippen LogP) is 2.62. The van der Waals surface area contributed by atoms with E-state index in [0.717, 1.165) is 5.56 Å². The Bertz CT molecular complexity index is 767. The first-order valence-electron chi connectivity index (χ1n) is 7.88. The predicted molar refractivity (Wildman–Crippen MR) is 103 cm³/mol.